The van der Waals surface area contributed by atoms with Gasteiger partial charge in [0, 0.05) is 6.54 Å². The Balaban J connectivity index is 4.02. The molecule has 0 aliphatic rings. The van der Waals surface area contributed by atoms with E-state index in [1.807, 2.05) is 0 Å². The Morgan fingerprint density at radius 1 is 1.09 bits per heavy atom. The number of carboxylic acid groups (broad SMARTS) is 2. The van der Waals surface area contributed by atoms with Gasteiger partial charge in [-0.05, 0) is 40.0 Å². The van der Waals surface area contributed by atoms with Gasteiger partial charge in [0.15, 0.2) is 0 Å². The third-order valence-electron chi connectivity index (χ3n) is 2.53. The Hall–Kier alpha value is -2.32. The van der Waals surface area contributed by atoms with Crippen LogP contribution in [0, 0.1) is 0 Å². The summed E-state index contributed by atoms with van der Waals surface area (Å²) >= 11 is 0. The van der Waals surface area contributed by atoms with E-state index >= 15 is 0 Å². The molecule has 9 heteroatoms. The van der Waals surface area contributed by atoms with Gasteiger partial charge in [0.25, 0.3) is 0 Å². The second kappa shape index (κ2) is 9.65. The minimum Gasteiger partial charge on any atom is -0.481 e. The van der Waals surface area contributed by atoms with Gasteiger partial charge in [-0.25, -0.2) is 9.59 Å². The Labute approximate surface area is 134 Å². The van der Waals surface area contributed by atoms with Crippen molar-refractivity contribution in [3.8, 4) is 0 Å². The number of hydrogen-bond acceptors (Lipinski definition) is 5. The smallest absolute Gasteiger partial charge is 0.407 e. The first kappa shape index (κ1) is 20.7. The second-order valence-electron chi connectivity index (χ2n) is 5.95. The molecule has 23 heavy (non-hydrogen) atoms. The first-order valence-corrected chi connectivity index (χ1v) is 7.22. The molecule has 0 saturated carbocycles. The molecule has 0 radical (unpaired) electrons. The molecule has 0 aromatic carbocycles. The molecule has 0 rings (SSSR count). The van der Waals surface area contributed by atoms with Crippen LogP contribution in [0.3, 0.4) is 0 Å². The topological polar surface area (TPSA) is 142 Å². The van der Waals surface area contributed by atoms with Crippen molar-refractivity contribution >= 4 is 23.9 Å². The van der Waals surface area contributed by atoms with E-state index in [9.17, 15) is 19.2 Å². The number of carbonyl (C=O) groups excluding carboxylic acids is 2. The van der Waals surface area contributed by atoms with Gasteiger partial charge in [-0.3, -0.25) is 9.59 Å². The molecule has 0 unspecified atom stereocenters. The minimum atomic E-state index is -1.33. The lowest BCUT2D eigenvalue weighted by atomic mass is 10.1. The largest absolute Gasteiger partial charge is 0.481 e. The zero-order chi connectivity index (χ0) is 18.0. The summed E-state index contributed by atoms with van der Waals surface area (Å²) in [5, 5.41) is 22.1. The summed E-state index contributed by atoms with van der Waals surface area (Å²) in [6.45, 7) is 5.53. The molecule has 0 aromatic rings. The third kappa shape index (κ3) is 12.0. The monoisotopic (exact) mass is 332 g/mol. The van der Waals surface area contributed by atoms with Crippen molar-refractivity contribution in [2.75, 3.05) is 6.54 Å². The van der Waals surface area contributed by atoms with E-state index in [1.165, 1.54) is 0 Å². The standard InChI is InChI=1S/C14H24N2O7/c1-14(2,3)23-13(22)15-7-5-4-6-9(12(20)21)16-10(17)8-11(18)19/h9H,4-8H2,1-3H3,(H,15,22)(H,16,17)(H,18,19)(H,20,21)/t9-/m0/s1. The van der Waals surface area contributed by atoms with Crippen molar-refractivity contribution in [3.63, 3.8) is 0 Å². The van der Waals surface area contributed by atoms with Crippen LogP contribution in [0.5, 0.6) is 0 Å². The van der Waals surface area contributed by atoms with E-state index in [-0.39, 0.29) is 6.42 Å². The Morgan fingerprint density at radius 2 is 1.70 bits per heavy atom. The maximum absolute atomic E-state index is 11.4. The summed E-state index contributed by atoms with van der Waals surface area (Å²) in [5.74, 6) is -3.41. The molecule has 0 saturated heterocycles. The summed E-state index contributed by atoms with van der Waals surface area (Å²) in [5.41, 5.74) is -0.590. The summed E-state index contributed by atoms with van der Waals surface area (Å²) in [4.78, 5) is 44.0. The predicted octanol–water partition coefficient (Wildman–Crippen LogP) is 0.726. The van der Waals surface area contributed by atoms with Crippen molar-refractivity contribution in [1.29, 1.82) is 0 Å². The van der Waals surface area contributed by atoms with Crippen molar-refractivity contribution < 1.29 is 34.1 Å². The molecule has 132 valence electrons. The van der Waals surface area contributed by atoms with Crippen molar-refractivity contribution in [3.05, 3.63) is 0 Å². The number of nitrogens with one attached hydrogen (secondary N) is 2. The zero-order valence-corrected chi connectivity index (χ0v) is 13.5. The Morgan fingerprint density at radius 3 is 2.17 bits per heavy atom. The quantitative estimate of drug-likeness (QED) is 0.360. The fourth-order valence-corrected chi connectivity index (χ4v) is 1.62. The highest BCUT2D eigenvalue weighted by Crippen LogP contribution is 2.07. The SMILES string of the molecule is CC(C)(C)OC(=O)NCCCC[C@H](NC(=O)CC(=O)O)C(=O)O. The molecule has 0 aromatic heterocycles. The molecule has 0 aliphatic carbocycles. The number of hydrogen-bond donors (Lipinski definition) is 4. The van der Waals surface area contributed by atoms with Gasteiger partial charge in [0.1, 0.15) is 18.1 Å². The third-order valence-corrected chi connectivity index (χ3v) is 2.53. The maximum Gasteiger partial charge on any atom is 0.407 e. The number of unbranched alkanes of at least 4 members (excludes halogenated alkanes) is 1. The van der Waals surface area contributed by atoms with Crippen molar-refractivity contribution in [1.82, 2.24) is 10.6 Å². The highest BCUT2D eigenvalue weighted by Gasteiger charge is 2.20. The maximum atomic E-state index is 11.4. The number of aliphatic carboxylic acids is 2. The molecular weight excluding hydrogens is 308 g/mol. The van der Waals surface area contributed by atoms with Crippen LogP contribution < -0.4 is 10.6 Å². The van der Waals surface area contributed by atoms with Gasteiger partial charge < -0.3 is 25.6 Å². The molecular formula is C14H24N2O7. The average Bonchev–Trinajstić information content (AvgIpc) is 2.33. The van der Waals surface area contributed by atoms with Crippen LogP contribution in [0.2, 0.25) is 0 Å². The number of rotatable bonds is 9. The van der Waals surface area contributed by atoms with Crippen LogP contribution in [0.25, 0.3) is 0 Å². The molecule has 0 spiro atoms. The molecule has 0 bridgehead atoms. The lowest BCUT2D eigenvalue weighted by Crippen LogP contribution is -2.41. The van der Waals surface area contributed by atoms with E-state index in [4.69, 9.17) is 14.9 Å². The highest BCUT2D eigenvalue weighted by molar-refractivity contribution is 5.95. The lowest BCUT2D eigenvalue weighted by Gasteiger charge is -2.19. The van der Waals surface area contributed by atoms with Crippen LogP contribution >= 0.6 is 0 Å². The second-order valence-corrected chi connectivity index (χ2v) is 5.95. The Bertz CT molecular complexity index is 443. The number of ether oxygens (including phenoxy) is 1. The van der Waals surface area contributed by atoms with E-state index in [1.54, 1.807) is 20.8 Å². The first-order chi connectivity index (χ1) is 10.5. The minimum absolute atomic E-state index is 0.136. The van der Waals surface area contributed by atoms with Crippen LogP contribution in [0.15, 0.2) is 0 Å². The normalized spacial score (nSPS) is 12.1. The van der Waals surface area contributed by atoms with Crippen molar-refractivity contribution in [2.45, 2.75) is 58.1 Å². The lowest BCUT2D eigenvalue weighted by molar-refractivity contribution is -0.145. The molecule has 0 heterocycles. The molecule has 1 atom stereocenters. The van der Waals surface area contributed by atoms with Gasteiger partial charge in [0.05, 0.1) is 0 Å². The van der Waals surface area contributed by atoms with Crippen LogP contribution in [0.1, 0.15) is 46.5 Å². The molecule has 2 amide bonds. The van der Waals surface area contributed by atoms with Gasteiger partial charge >= 0.3 is 18.0 Å². The fourth-order valence-electron chi connectivity index (χ4n) is 1.62. The van der Waals surface area contributed by atoms with Crippen LogP contribution in [-0.4, -0.2) is 52.3 Å². The van der Waals surface area contributed by atoms with Gasteiger partial charge in [-0.1, -0.05) is 0 Å². The first-order valence-electron chi connectivity index (χ1n) is 7.22. The van der Waals surface area contributed by atoms with Crippen molar-refractivity contribution in [2.24, 2.45) is 0 Å². The van der Waals surface area contributed by atoms with E-state index in [0.717, 1.165) is 0 Å². The highest BCUT2D eigenvalue weighted by atomic mass is 16.6. The van der Waals surface area contributed by atoms with Crippen LogP contribution in [0.4, 0.5) is 4.79 Å². The van der Waals surface area contributed by atoms with Gasteiger partial charge in [-0.15, -0.1) is 0 Å². The summed E-state index contributed by atoms with van der Waals surface area (Å²) in [7, 11) is 0. The molecule has 9 nitrogen and oxygen atoms in total. The van der Waals surface area contributed by atoms with Crippen LogP contribution in [-0.2, 0) is 19.1 Å². The van der Waals surface area contributed by atoms with Gasteiger partial charge in [0.2, 0.25) is 5.91 Å². The summed E-state index contributed by atoms with van der Waals surface area (Å²) in [6.07, 6.45) is -0.263. The molecule has 4 N–H and O–H groups in total. The van der Waals surface area contributed by atoms with E-state index in [0.29, 0.717) is 19.4 Å². The van der Waals surface area contributed by atoms with E-state index in [2.05, 4.69) is 10.6 Å². The van der Waals surface area contributed by atoms with E-state index < -0.39 is 42.0 Å². The molecule has 0 fully saturated rings. The Kier molecular flexibility index (Phi) is 8.67. The predicted molar refractivity (Wildman–Crippen MR) is 79.9 cm³/mol. The summed E-state index contributed by atoms with van der Waals surface area (Å²) in [6, 6.07) is -1.15. The number of amides is 2. The number of carbonyl (C=O) groups is 4. The average molecular weight is 332 g/mol. The summed E-state index contributed by atoms with van der Waals surface area (Å²) < 4.78 is 5.04. The van der Waals surface area contributed by atoms with Gasteiger partial charge in [-0.2, -0.15) is 0 Å². The number of alkyl carbamates (subject to hydrolysis) is 1. The number of carboxylic acids is 2. The molecule has 0 aliphatic heterocycles. The fraction of sp³-hybridized carbons (Fsp3) is 0.714. The zero-order valence-electron chi connectivity index (χ0n) is 13.5.